The molecule has 1 amide bonds. The van der Waals surface area contributed by atoms with Crippen LogP contribution in [0.2, 0.25) is 0 Å². The lowest BCUT2D eigenvalue weighted by Crippen LogP contribution is -2.23. The van der Waals surface area contributed by atoms with Gasteiger partial charge in [0.25, 0.3) is 5.91 Å². The van der Waals surface area contributed by atoms with Crippen LogP contribution in [-0.2, 0) is 0 Å². The highest BCUT2D eigenvalue weighted by Gasteiger charge is 2.16. The van der Waals surface area contributed by atoms with Crippen LogP contribution < -0.4 is 21.1 Å². The van der Waals surface area contributed by atoms with Gasteiger partial charge in [-0.1, -0.05) is 0 Å². The number of anilines is 2. The van der Waals surface area contributed by atoms with Gasteiger partial charge in [-0.05, 0) is 62.2 Å². The Kier molecular flexibility index (Phi) is 7.75. The van der Waals surface area contributed by atoms with Crippen LogP contribution in [0.5, 0.6) is 5.75 Å². The van der Waals surface area contributed by atoms with E-state index >= 15 is 0 Å². The van der Waals surface area contributed by atoms with Crippen LogP contribution >= 0.6 is 12.4 Å². The lowest BCUT2D eigenvalue weighted by Gasteiger charge is -2.12. The van der Waals surface area contributed by atoms with E-state index in [1.54, 1.807) is 30.7 Å². The zero-order chi connectivity index (χ0) is 20.8. The van der Waals surface area contributed by atoms with Crippen LogP contribution in [0, 0.1) is 0 Å². The first kappa shape index (κ1) is 22.5. The van der Waals surface area contributed by atoms with Crippen LogP contribution in [-0.4, -0.2) is 40.1 Å². The number of hydrogen-bond acceptors (Lipinski definition) is 7. The zero-order valence-corrected chi connectivity index (χ0v) is 17.8. The molecule has 1 aromatic carbocycles. The minimum atomic E-state index is -0.435. The van der Waals surface area contributed by atoms with Gasteiger partial charge in [0.15, 0.2) is 11.5 Å². The molecule has 1 aliphatic rings. The summed E-state index contributed by atoms with van der Waals surface area (Å²) in [5.74, 6) is 0.436. The Morgan fingerprint density at radius 2 is 2.06 bits per heavy atom. The number of rotatable bonds is 7. The third kappa shape index (κ3) is 5.90. The number of nitrogens with one attached hydrogen (secondary N) is 2. The Morgan fingerprint density at radius 1 is 1.23 bits per heavy atom. The number of benzene rings is 1. The van der Waals surface area contributed by atoms with Crippen molar-refractivity contribution < 1.29 is 9.53 Å². The SMILES string of the molecule is Cl.Nc1ncc(-c2ccc(OCCC3CCCN3)cc2)nc1C(=O)Nc1cccnc1. The van der Waals surface area contributed by atoms with E-state index in [-0.39, 0.29) is 23.9 Å². The molecule has 1 saturated heterocycles. The second kappa shape index (κ2) is 10.7. The van der Waals surface area contributed by atoms with Crippen LogP contribution in [0.1, 0.15) is 29.8 Å². The van der Waals surface area contributed by atoms with Crippen LogP contribution in [0.25, 0.3) is 11.3 Å². The Hall–Kier alpha value is -3.23. The average Bonchev–Trinajstić information content (AvgIpc) is 3.29. The lowest BCUT2D eigenvalue weighted by atomic mass is 10.1. The minimum Gasteiger partial charge on any atom is -0.494 e. The van der Waals surface area contributed by atoms with E-state index in [2.05, 4.69) is 25.6 Å². The number of carbonyl (C=O) groups is 1. The highest BCUT2D eigenvalue weighted by molar-refractivity contribution is 6.05. The van der Waals surface area contributed by atoms with Gasteiger partial charge < -0.3 is 21.1 Å². The van der Waals surface area contributed by atoms with Gasteiger partial charge in [-0.3, -0.25) is 9.78 Å². The minimum absolute atomic E-state index is 0. The quantitative estimate of drug-likeness (QED) is 0.516. The fraction of sp³-hybridized carbons (Fsp3) is 0.273. The van der Waals surface area contributed by atoms with Crippen molar-refractivity contribution in [2.75, 3.05) is 24.2 Å². The van der Waals surface area contributed by atoms with Crippen molar-refractivity contribution in [2.45, 2.75) is 25.3 Å². The van der Waals surface area contributed by atoms with Crippen LogP contribution in [0.15, 0.2) is 55.0 Å². The molecule has 8 nitrogen and oxygen atoms in total. The number of nitrogen functional groups attached to an aromatic ring is 1. The fourth-order valence-electron chi connectivity index (χ4n) is 3.38. The number of hydrogen-bond donors (Lipinski definition) is 3. The van der Waals surface area contributed by atoms with Crippen molar-refractivity contribution in [3.05, 3.63) is 60.7 Å². The third-order valence-electron chi connectivity index (χ3n) is 4.98. The zero-order valence-electron chi connectivity index (χ0n) is 17.0. The highest BCUT2D eigenvalue weighted by Crippen LogP contribution is 2.22. The number of carbonyl (C=O) groups excluding carboxylic acids is 1. The molecule has 4 rings (SSSR count). The van der Waals surface area contributed by atoms with Gasteiger partial charge >= 0.3 is 0 Å². The number of aromatic nitrogens is 3. The molecule has 0 bridgehead atoms. The number of halogens is 1. The molecule has 0 radical (unpaired) electrons. The first-order valence-corrected chi connectivity index (χ1v) is 9.99. The van der Waals surface area contributed by atoms with E-state index in [9.17, 15) is 4.79 Å². The number of ether oxygens (including phenoxy) is 1. The molecule has 1 unspecified atom stereocenters. The molecule has 3 heterocycles. The summed E-state index contributed by atoms with van der Waals surface area (Å²) >= 11 is 0. The maximum absolute atomic E-state index is 12.6. The van der Waals surface area contributed by atoms with Gasteiger partial charge in [-0.2, -0.15) is 0 Å². The second-order valence-electron chi connectivity index (χ2n) is 7.14. The first-order chi connectivity index (χ1) is 14.7. The van der Waals surface area contributed by atoms with Gasteiger partial charge in [-0.15, -0.1) is 12.4 Å². The van der Waals surface area contributed by atoms with Crippen LogP contribution in [0.4, 0.5) is 11.5 Å². The predicted octanol–water partition coefficient (Wildman–Crippen LogP) is 3.32. The van der Waals surface area contributed by atoms with Crippen molar-refractivity contribution in [1.82, 2.24) is 20.3 Å². The van der Waals surface area contributed by atoms with E-state index in [4.69, 9.17) is 10.5 Å². The summed E-state index contributed by atoms with van der Waals surface area (Å²) in [5, 5.41) is 6.19. The largest absolute Gasteiger partial charge is 0.494 e. The number of pyridine rings is 1. The molecular formula is C22H25ClN6O2. The summed E-state index contributed by atoms with van der Waals surface area (Å²) in [4.78, 5) is 25.1. The molecule has 0 spiro atoms. The van der Waals surface area contributed by atoms with Gasteiger partial charge in [0.1, 0.15) is 5.75 Å². The highest BCUT2D eigenvalue weighted by atomic mass is 35.5. The first-order valence-electron chi connectivity index (χ1n) is 9.99. The maximum Gasteiger partial charge on any atom is 0.278 e. The normalized spacial score (nSPS) is 15.2. The molecule has 31 heavy (non-hydrogen) atoms. The standard InChI is InChI=1S/C22H24N6O2.ClH/c23-21-20(22(29)27-17-4-1-10-24-13-17)28-19(14-26-21)15-5-7-18(8-6-15)30-12-9-16-3-2-11-25-16;/h1,4-8,10,13-14,16,25H,2-3,9,11-12H2,(H2,23,26)(H,27,29);1H. The Labute approximate surface area is 187 Å². The maximum atomic E-state index is 12.6. The van der Waals surface area contributed by atoms with Gasteiger partial charge in [0.05, 0.1) is 30.4 Å². The lowest BCUT2D eigenvalue weighted by molar-refractivity contribution is 0.102. The van der Waals surface area contributed by atoms with Crippen molar-refractivity contribution in [2.24, 2.45) is 0 Å². The van der Waals surface area contributed by atoms with Gasteiger partial charge in [0.2, 0.25) is 0 Å². The molecule has 1 atom stereocenters. The topological polar surface area (TPSA) is 115 Å². The number of nitrogens with zero attached hydrogens (tertiary/aromatic N) is 3. The van der Waals surface area contributed by atoms with Crippen molar-refractivity contribution >= 4 is 29.8 Å². The molecule has 1 aliphatic heterocycles. The number of nitrogens with two attached hydrogens (primary N) is 1. The third-order valence-corrected chi connectivity index (χ3v) is 4.98. The Bertz CT molecular complexity index is 995. The summed E-state index contributed by atoms with van der Waals surface area (Å²) in [6.45, 7) is 1.78. The van der Waals surface area contributed by atoms with E-state index in [0.717, 1.165) is 24.3 Å². The van der Waals surface area contributed by atoms with E-state index < -0.39 is 5.91 Å². The van der Waals surface area contributed by atoms with Gasteiger partial charge in [0, 0.05) is 17.8 Å². The molecule has 0 saturated carbocycles. The Balaban J connectivity index is 0.00000272. The molecule has 1 fully saturated rings. The molecule has 0 aliphatic carbocycles. The summed E-state index contributed by atoms with van der Waals surface area (Å²) in [6.07, 6.45) is 8.19. The summed E-state index contributed by atoms with van der Waals surface area (Å²) in [5.41, 5.74) is 7.89. The smallest absolute Gasteiger partial charge is 0.278 e. The van der Waals surface area contributed by atoms with Crippen molar-refractivity contribution in [3.63, 3.8) is 0 Å². The van der Waals surface area contributed by atoms with E-state index in [1.807, 2.05) is 24.3 Å². The summed E-state index contributed by atoms with van der Waals surface area (Å²) in [7, 11) is 0. The Morgan fingerprint density at radius 3 is 2.77 bits per heavy atom. The fourth-order valence-corrected chi connectivity index (χ4v) is 3.38. The molecule has 2 aromatic heterocycles. The van der Waals surface area contributed by atoms with E-state index in [1.165, 1.54) is 12.8 Å². The van der Waals surface area contributed by atoms with Crippen molar-refractivity contribution in [3.8, 4) is 17.0 Å². The predicted molar refractivity (Wildman–Crippen MR) is 122 cm³/mol. The molecule has 4 N–H and O–H groups in total. The van der Waals surface area contributed by atoms with E-state index in [0.29, 0.717) is 24.0 Å². The molecular weight excluding hydrogens is 416 g/mol. The van der Waals surface area contributed by atoms with Gasteiger partial charge in [-0.25, -0.2) is 9.97 Å². The summed E-state index contributed by atoms with van der Waals surface area (Å²) < 4.78 is 5.84. The monoisotopic (exact) mass is 440 g/mol. The second-order valence-corrected chi connectivity index (χ2v) is 7.14. The molecule has 9 heteroatoms. The average molecular weight is 441 g/mol. The summed E-state index contributed by atoms with van der Waals surface area (Å²) in [6, 6.07) is 11.6. The van der Waals surface area contributed by atoms with Crippen LogP contribution in [0.3, 0.4) is 0 Å². The molecule has 3 aromatic rings. The van der Waals surface area contributed by atoms with Crippen molar-refractivity contribution in [1.29, 1.82) is 0 Å². The number of amides is 1. The molecule has 162 valence electrons.